The van der Waals surface area contributed by atoms with Gasteiger partial charge >= 0.3 is 0 Å². The van der Waals surface area contributed by atoms with Crippen molar-refractivity contribution in [1.29, 1.82) is 0 Å². The SMILES string of the molecule is CNCCC(=O)c1cc(C)n(C(C)C)c1C. The highest BCUT2D eigenvalue weighted by Crippen LogP contribution is 2.21. The molecule has 3 heteroatoms. The number of aryl methyl sites for hydroxylation is 1. The van der Waals surface area contributed by atoms with Crippen molar-refractivity contribution in [2.45, 2.75) is 40.2 Å². The first kappa shape index (κ1) is 13.0. The number of nitrogens with one attached hydrogen (secondary N) is 1. The largest absolute Gasteiger partial charge is 0.346 e. The molecule has 1 rings (SSSR count). The number of carbonyl (C=O) groups excluding carboxylic acids is 1. The number of aromatic nitrogens is 1. The van der Waals surface area contributed by atoms with Crippen molar-refractivity contribution < 1.29 is 4.79 Å². The predicted molar refractivity (Wildman–Crippen MR) is 67.2 cm³/mol. The van der Waals surface area contributed by atoms with Crippen LogP contribution in [0.5, 0.6) is 0 Å². The van der Waals surface area contributed by atoms with Crippen molar-refractivity contribution in [2.24, 2.45) is 0 Å². The number of carbonyl (C=O) groups is 1. The highest BCUT2D eigenvalue weighted by Gasteiger charge is 2.16. The number of rotatable bonds is 5. The van der Waals surface area contributed by atoms with Gasteiger partial charge in [0.15, 0.2) is 5.78 Å². The van der Waals surface area contributed by atoms with Crippen LogP contribution in [0.15, 0.2) is 6.07 Å². The Morgan fingerprint density at radius 3 is 2.50 bits per heavy atom. The molecule has 0 fully saturated rings. The molecule has 0 atom stereocenters. The quantitative estimate of drug-likeness (QED) is 0.777. The molecule has 0 saturated carbocycles. The molecular weight excluding hydrogens is 200 g/mol. The number of ketones is 1. The molecule has 1 aromatic rings. The maximum Gasteiger partial charge on any atom is 0.165 e. The number of Topliss-reactive ketones (excluding diaryl/α,β-unsaturated/α-hetero) is 1. The second-order valence-corrected chi connectivity index (χ2v) is 4.53. The molecule has 1 N–H and O–H groups in total. The molecule has 0 aromatic carbocycles. The Labute approximate surface area is 97.8 Å². The minimum atomic E-state index is 0.231. The van der Waals surface area contributed by atoms with E-state index < -0.39 is 0 Å². The molecule has 0 saturated heterocycles. The van der Waals surface area contributed by atoms with Crippen molar-refractivity contribution in [3.63, 3.8) is 0 Å². The smallest absolute Gasteiger partial charge is 0.165 e. The summed E-state index contributed by atoms with van der Waals surface area (Å²) in [4.78, 5) is 12.0. The molecule has 0 aliphatic rings. The fraction of sp³-hybridized carbons (Fsp3) is 0.615. The molecule has 0 radical (unpaired) electrons. The Morgan fingerprint density at radius 2 is 2.06 bits per heavy atom. The topological polar surface area (TPSA) is 34.0 Å². The van der Waals surface area contributed by atoms with Crippen LogP contribution in [0.25, 0.3) is 0 Å². The molecule has 3 nitrogen and oxygen atoms in total. The molecule has 16 heavy (non-hydrogen) atoms. The summed E-state index contributed by atoms with van der Waals surface area (Å²) in [5, 5.41) is 3.00. The van der Waals surface area contributed by atoms with Crippen molar-refractivity contribution >= 4 is 5.78 Å². The molecule has 90 valence electrons. The minimum absolute atomic E-state index is 0.231. The summed E-state index contributed by atoms with van der Waals surface area (Å²) in [6.07, 6.45) is 0.568. The number of hydrogen-bond acceptors (Lipinski definition) is 2. The molecular formula is C13H22N2O. The summed E-state index contributed by atoms with van der Waals surface area (Å²) in [5.41, 5.74) is 3.13. The highest BCUT2D eigenvalue weighted by atomic mass is 16.1. The zero-order chi connectivity index (χ0) is 12.3. The van der Waals surface area contributed by atoms with E-state index in [0.29, 0.717) is 12.5 Å². The van der Waals surface area contributed by atoms with E-state index in [1.807, 2.05) is 20.0 Å². The lowest BCUT2D eigenvalue weighted by Crippen LogP contribution is -2.14. The normalized spacial score (nSPS) is 11.1. The number of nitrogens with zero attached hydrogens (tertiary/aromatic N) is 1. The highest BCUT2D eigenvalue weighted by molar-refractivity contribution is 5.97. The third-order valence-electron chi connectivity index (χ3n) is 2.90. The maximum atomic E-state index is 12.0. The summed E-state index contributed by atoms with van der Waals surface area (Å²) in [6.45, 7) is 9.11. The molecule has 1 aromatic heterocycles. The lowest BCUT2D eigenvalue weighted by molar-refractivity contribution is 0.0982. The number of hydrogen-bond donors (Lipinski definition) is 1. The van der Waals surface area contributed by atoms with E-state index in [1.54, 1.807) is 0 Å². The van der Waals surface area contributed by atoms with Gasteiger partial charge in [-0.1, -0.05) is 0 Å². The zero-order valence-electron chi connectivity index (χ0n) is 10.9. The van der Waals surface area contributed by atoms with Crippen LogP contribution >= 0.6 is 0 Å². The van der Waals surface area contributed by atoms with Crippen LogP contribution in [0, 0.1) is 13.8 Å². The fourth-order valence-corrected chi connectivity index (χ4v) is 2.23. The first-order valence-electron chi connectivity index (χ1n) is 5.85. The zero-order valence-corrected chi connectivity index (χ0v) is 10.9. The Hall–Kier alpha value is -1.09. The predicted octanol–water partition coefficient (Wildman–Crippen LogP) is 2.48. The fourth-order valence-electron chi connectivity index (χ4n) is 2.23. The first-order chi connectivity index (χ1) is 7.49. The van der Waals surface area contributed by atoms with Gasteiger partial charge in [0.2, 0.25) is 0 Å². The van der Waals surface area contributed by atoms with E-state index in [1.165, 1.54) is 5.69 Å². The van der Waals surface area contributed by atoms with Crippen LogP contribution in [0.4, 0.5) is 0 Å². The van der Waals surface area contributed by atoms with Crippen LogP contribution in [0.3, 0.4) is 0 Å². The van der Waals surface area contributed by atoms with Crippen molar-refractivity contribution in [3.05, 3.63) is 23.0 Å². The summed E-state index contributed by atoms with van der Waals surface area (Å²) in [5.74, 6) is 0.231. The van der Waals surface area contributed by atoms with Crippen LogP contribution in [-0.2, 0) is 0 Å². The molecule has 0 aliphatic carbocycles. The van der Waals surface area contributed by atoms with Crippen LogP contribution < -0.4 is 5.32 Å². The van der Waals surface area contributed by atoms with E-state index in [4.69, 9.17) is 0 Å². The average Bonchev–Trinajstić information content (AvgIpc) is 2.50. The molecule has 0 aliphatic heterocycles. The first-order valence-corrected chi connectivity index (χ1v) is 5.85. The van der Waals surface area contributed by atoms with Crippen molar-refractivity contribution in [1.82, 2.24) is 9.88 Å². The standard InChI is InChI=1S/C13H22N2O/c1-9(2)15-10(3)8-12(11(15)4)13(16)6-7-14-5/h8-9,14H,6-7H2,1-5H3. The van der Waals surface area contributed by atoms with Gasteiger partial charge in [-0.25, -0.2) is 0 Å². The lowest BCUT2D eigenvalue weighted by atomic mass is 10.1. The Balaban J connectivity index is 2.98. The van der Waals surface area contributed by atoms with Gasteiger partial charge in [-0.2, -0.15) is 0 Å². The average molecular weight is 222 g/mol. The van der Waals surface area contributed by atoms with Gasteiger partial charge < -0.3 is 9.88 Å². The summed E-state index contributed by atoms with van der Waals surface area (Å²) >= 11 is 0. The van der Waals surface area contributed by atoms with Gasteiger partial charge in [-0.3, -0.25) is 4.79 Å². The van der Waals surface area contributed by atoms with E-state index in [-0.39, 0.29) is 5.78 Å². The van der Waals surface area contributed by atoms with Crippen molar-refractivity contribution in [3.8, 4) is 0 Å². The van der Waals surface area contributed by atoms with E-state index in [2.05, 4.69) is 30.7 Å². The van der Waals surface area contributed by atoms with Gasteiger partial charge in [0.25, 0.3) is 0 Å². The summed E-state index contributed by atoms with van der Waals surface area (Å²) < 4.78 is 2.21. The monoisotopic (exact) mass is 222 g/mol. The van der Waals surface area contributed by atoms with Crippen LogP contribution in [-0.4, -0.2) is 23.9 Å². The van der Waals surface area contributed by atoms with Gasteiger partial charge in [-0.05, 0) is 40.8 Å². The van der Waals surface area contributed by atoms with Crippen LogP contribution in [0.2, 0.25) is 0 Å². The maximum absolute atomic E-state index is 12.0. The summed E-state index contributed by atoms with van der Waals surface area (Å²) in [7, 11) is 1.87. The molecule has 0 unspecified atom stereocenters. The van der Waals surface area contributed by atoms with E-state index in [0.717, 1.165) is 17.8 Å². The second-order valence-electron chi connectivity index (χ2n) is 4.53. The van der Waals surface area contributed by atoms with Gasteiger partial charge in [0, 0.05) is 36.0 Å². The molecule has 0 amide bonds. The molecule has 0 bridgehead atoms. The van der Waals surface area contributed by atoms with E-state index >= 15 is 0 Å². The lowest BCUT2D eigenvalue weighted by Gasteiger charge is -2.13. The third-order valence-corrected chi connectivity index (χ3v) is 2.90. The van der Waals surface area contributed by atoms with Crippen molar-refractivity contribution in [2.75, 3.05) is 13.6 Å². The van der Waals surface area contributed by atoms with Gasteiger partial charge in [0.1, 0.15) is 0 Å². The summed E-state index contributed by atoms with van der Waals surface area (Å²) in [6, 6.07) is 2.42. The molecule has 0 spiro atoms. The Bertz CT molecular complexity index is 378. The second kappa shape index (κ2) is 5.30. The van der Waals surface area contributed by atoms with Gasteiger partial charge in [-0.15, -0.1) is 0 Å². The third kappa shape index (κ3) is 2.53. The Morgan fingerprint density at radius 1 is 1.44 bits per heavy atom. The van der Waals surface area contributed by atoms with Crippen LogP contribution in [0.1, 0.15) is 48.1 Å². The van der Waals surface area contributed by atoms with Gasteiger partial charge in [0.05, 0.1) is 0 Å². The minimum Gasteiger partial charge on any atom is -0.346 e. The van der Waals surface area contributed by atoms with E-state index in [9.17, 15) is 4.79 Å². The Kier molecular flexibility index (Phi) is 4.30. The molecule has 1 heterocycles.